The van der Waals surface area contributed by atoms with E-state index in [1.807, 2.05) is 0 Å². The summed E-state index contributed by atoms with van der Waals surface area (Å²) in [5.41, 5.74) is 0.170. The van der Waals surface area contributed by atoms with E-state index in [-0.39, 0.29) is 5.65 Å². The summed E-state index contributed by atoms with van der Waals surface area (Å²) in [5, 5.41) is -0.748. The van der Waals surface area contributed by atoms with E-state index in [0.717, 1.165) is 4.40 Å². The van der Waals surface area contributed by atoms with Crippen LogP contribution < -0.4 is 0 Å². The molecule has 0 spiro atoms. The molecule has 0 radical (unpaired) electrons. The fourth-order valence-electron chi connectivity index (χ4n) is 1.19. The molecule has 0 bridgehead atoms. The Labute approximate surface area is 94.5 Å². The van der Waals surface area contributed by atoms with Crippen molar-refractivity contribution in [1.82, 2.24) is 9.38 Å². The molecule has 0 aliphatic heterocycles. The molecule has 0 aromatic carbocycles. The van der Waals surface area contributed by atoms with E-state index in [9.17, 15) is 12.3 Å². The molecule has 2 rings (SSSR count). The zero-order valence-electron chi connectivity index (χ0n) is 6.99. The largest absolute Gasteiger partial charge is 0.351 e. The van der Waals surface area contributed by atoms with E-state index in [0.29, 0.717) is 5.02 Å². The summed E-state index contributed by atoms with van der Waals surface area (Å²) in [5.74, 6) is 0. The van der Waals surface area contributed by atoms with E-state index in [2.05, 4.69) is 4.98 Å². The number of imidazole rings is 1. The van der Waals surface area contributed by atoms with Crippen molar-refractivity contribution in [2.75, 3.05) is 0 Å². The maximum absolute atomic E-state index is 12.8. The lowest BCUT2D eigenvalue weighted by Gasteiger charge is -1.96. The first-order chi connectivity index (χ1) is 6.89. The summed E-state index contributed by atoms with van der Waals surface area (Å²) in [4.78, 5) is 3.67. The summed E-state index contributed by atoms with van der Waals surface area (Å²) in [6, 6.07) is 2.78. The van der Waals surface area contributed by atoms with Gasteiger partial charge in [-0.15, -0.1) is 0 Å². The van der Waals surface area contributed by atoms with Gasteiger partial charge in [-0.1, -0.05) is 27.1 Å². The van der Waals surface area contributed by atoms with Gasteiger partial charge in [0.2, 0.25) is 5.03 Å². The summed E-state index contributed by atoms with van der Waals surface area (Å²) in [7, 11) is -4.90. The molecule has 0 amide bonds. The number of aromatic nitrogens is 2. The Kier molecular flexibility index (Phi) is 2.37. The first-order valence-electron chi connectivity index (χ1n) is 3.67. The molecule has 15 heavy (non-hydrogen) atoms. The minimum absolute atomic E-state index is 0.170. The summed E-state index contributed by atoms with van der Waals surface area (Å²) >= 11 is 11.2. The monoisotopic (exact) mass is 268 g/mol. The third-order valence-corrected chi connectivity index (χ3v) is 3.20. The second kappa shape index (κ2) is 3.33. The van der Waals surface area contributed by atoms with Crippen LogP contribution in [-0.4, -0.2) is 17.8 Å². The van der Waals surface area contributed by atoms with Crippen molar-refractivity contribution in [2.24, 2.45) is 0 Å². The average Bonchev–Trinajstić information content (AvgIpc) is 2.38. The van der Waals surface area contributed by atoms with E-state index >= 15 is 0 Å². The summed E-state index contributed by atoms with van der Waals surface area (Å²) in [6.07, 6.45) is 1.28. The van der Waals surface area contributed by atoms with Crippen LogP contribution in [0.15, 0.2) is 23.4 Å². The minimum atomic E-state index is -4.90. The van der Waals surface area contributed by atoms with Gasteiger partial charge in [-0.3, -0.25) is 4.40 Å². The van der Waals surface area contributed by atoms with Gasteiger partial charge in [-0.25, -0.2) is 4.98 Å². The highest BCUT2D eigenvalue weighted by atomic mass is 35.5. The quantitative estimate of drug-likeness (QED) is 0.746. The lowest BCUT2D eigenvalue weighted by molar-refractivity contribution is 0.546. The Morgan fingerprint density at radius 2 is 2.07 bits per heavy atom. The average molecular weight is 269 g/mol. The highest BCUT2D eigenvalue weighted by molar-refractivity contribution is 7.86. The molecule has 80 valence electrons. The minimum Gasteiger partial charge on any atom is -0.287 e. The van der Waals surface area contributed by atoms with Gasteiger partial charge in [0, 0.05) is 17.3 Å². The van der Waals surface area contributed by atoms with Crippen LogP contribution in [0.25, 0.3) is 5.65 Å². The number of nitrogens with zero attached hydrogens (tertiary/aromatic N) is 2. The molecule has 0 unspecified atom stereocenters. The Balaban J connectivity index is 2.92. The maximum Gasteiger partial charge on any atom is 0.351 e. The van der Waals surface area contributed by atoms with Crippen LogP contribution in [0, 0.1) is 0 Å². The molecule has 0 saturated carbocycles. The predicted molar refractivity (Wildman–Crippen MR) is 53.5 cm³/mol. The van der Waals surface area contributed by atoms with Crippen molar-refractivity contribution >= 4 is 39.1 Å². The van der Waals surface area contributed by atoms with Crippen LogP contribution in [0.4, 0.5) is 3.89 Å². The van der Waals surface area contributed by atoms with Crippen LogP contribution >= 0.6 is 23.2 Å². The smallest absolute Gasteiger partial charge is 0.287 e. The molecule has 2 aromatic rings. The SMILES string of the molecule is O=S(=O)(F)c1c(Cl)nc2cc(Cl)ccn12. The van der Waals surface area contributed by atoms with Crippen LogP contribution in [0.1, 0.15) is 0 Å². The van der Waals surface area contributed by atoms with Crippen molar-refractivity contribution in [3.63, 3.8) is 0 Å². The maximum atomic E-state index is 12.8. The molecule has 2 heterocycles. The third kappa shape index (κ3) is 1.80. The van der Waals surface area contributed by atoms with E-state index < -0.39 is 20.4 Å². The standard InChI is InChI=1S/C7H3Cl2FN2O2S/c8-4-1-2-12-5(3-4)11-6(9)7(12)15(10,13)14/h1-3H. The lowest BCUT2D eigenvalue weighted by atomic mass is 10.5. The number of halogens is 3. The van der Waals surface area contributed by atoms with Crippen molar-refractivity contribution in [3.05, 3.63) is 28.5 Å². The molecule has 8 heteroatoms. The first-order valence-corrected chi connectivity index (χ1v) is 5.81. The predicted octanol–water partition coefficient (Wildman–Crippen LogP) is 2.30. The second-order valence-corrected chi connectivity index (χ2v) is 4.78. The fourth-order valence-corrected chi connectivity index (χ4v) is 2.43. The second-order valence-electron chi connectivity index (χ2n) is 2.72. The van der Waals surface area contributed by atoms with Crippen LogP contribution in [-0.2, 0) is 10.2 Å². The fraction of sp³-hybridized carbons (Fsp3) is 0. The van der Waals surface area contributed by atoms with Crippen LogP contribution in [0.3, 0.4) is 0 Å². The summed E-state index contributed by atoms with van der Waals surface area (Å²) < 4.78 is 35.4. The van der Waals surface area contributed by atoms with Crippen molar-refractivity contribution in [3.8, 4) is 0 Å². The molecule has 0 saturated heterocycles. The lowest BCUT2D eigenvalue weighted by Crippen LogP contribution is -1.98. The van der Waals surface area contributed by atoms with Crippen molar-refractivity contribution in [1.29, 1.82) is 0 Å². The highest BCUT2D eigenvalue weighted by Crippen LogP contribution is 2.25. The van der Waals surface area contributed by atoms with Crippen molar-refractivity contribution in [2.45, 2.75) is 5.03 Å². The highest BCUT2D eigenvalue weighted by Gasteiger charge is 2.23. The first kappa shape index (κ1) is 10.7. The number of hydrogen-bond acceptors (Lipinski definition) is 3. The molecule has 0 N–H and O–H groups in total. The van der Waals surface area contributed by atoms with E-state index in [4.69, 9.17) is 23.2 Å². The van der Waals surface area contributed by atoms with Gasteiger partial charge < -0.3 is 0 Å². The number of rotatable bonds is 1. The van der Waals surface area contributed by atoms with E-state index in [1.165, 1.54) is 18.3 Å². The van der Waals surface area contributed by atoms with Gasteiger partial charge in [-0.2, -0.15) is 8.42 Å². The van der Waals surface area contributed by atoms with Gasteiger partial charge >= 0.3 is 10.2 Å². The van der Waals surface area contributed by atoms with Crippen LogP contribution in [0.2, 0.25) is 10.2 Å². The molecule has 0 atom stereocenters. The Morgan fingerprint density at radius 3 is 2.67 bits per heavy atom. The van der Waals surface area contributed by atoms with E-state index in [1.54, 1.807) is 0 Å². The molecule has 0 aliphatic rings. The van der Waals surface area contributed by atoms with Gasteiger partial charge in [0.05, 0.1) is 0 Å². The van der Waals surface area contributed by atoms with Gasteiger partial charge in [0.15, 0.2) is 5.15 Å². The zero-order valence-corrected chi connectivity index (χ0v) is 9.31. The van der Waals surface area contributed by atoms with Gasteiger partial charge in [0.1, 0.15) is 5.65 Å². The van der Waals surface area contributed by atoms with Gasteiger partial charge in [-0.05, 0) is 6.07 Å². The molecular weight excluding hydrogens is 266 g/mol. The topological polar surface area (TPSA) is 51.4 Å². The zero-order chi connectivity index (χ0) is 11.2. The van der Waals surface area contributed by atoms with Crippen molar-refractivity contribution < 1.29 is 12.3 Å². The Morgan fingerprint density at radius 1 is 1.40 bits per heavy atom. The van der Waals surface area contributed by atoms with Crippen LogP contribution in [0.5, 0.6) is 0 Å². The number of hydrogen-bond donors (Lipinski definition) is 0. The van der Waals surface area contributed by atoms with Gasteiger partial charge in [0.25, 0.3) is 0 Å². The Hall–Kier alpha value is -0.850. The summed E-state index contributed by atoms with van der Waals surface area (Å²) in [6.45, 7) is 0. The normalized spacial score (nSPS) is 12.2. The molecule has 0 aliphatic carbocycles. The Bertz CT molecular complexity index is 638. The molecule has 2 aromatic heterocycles. The third-order valence-electron chi connectivity index (χ3n) is 1.74. The molecule has 0 fully saturated rings. The number of pyridine rings is 1. The number of fused-ring (bicyclic) bond motifs is 1. The molecule has 4 nitrogen and oxygen atoms in total. The molecular formula is C7H3Cl2FN2O2S.